The highest BCUT2D eigenvalue weighted by Gasteiger charge is 2.34. The van der Waals surface area contributed by atoms with Gasteiger partial charge in [-0.15, -0.1) is 0 Å². The average Bonchev–Trinajstić information content (AvgIpc) is 2.95. The molecule has 0 fully saturated rings. The Morgan fingerprint density at radius 3 is 2.21 bits per heavy atom. The highest BCUT2D eigenvalue weighted by molar-refractivity contribution is 6.21. The number of amides is 4. The Kier molecular flexibility index (Phi) is 5.12. The molecule has 0 spiro atoms. The van der Waals surface area contributed by atoms with Gasteiger partial charge in [0.15, 0.2) is 0 Å². The predicted octanol–water partition coefficient (Wildman–Crippen LogP) is 1.04. The van der Waals surface area contributed by atoms with E-state index in [1.54, 1.807) is 12.1 Å². The Hall–Kier alpha value is -4.08. The molecule has 2 aromatic rings. The quantitative estimate of drug-likeness (QED) is 0.450. The minimum Gasteiger partial charge on any atom is -0.274 e. The van der Waals surface area contributed by atoms with Crippen LogP contribution in [0.3, 0.4) is 0 Å². The van der Waals surface area contributed by atoms with Gasteiger partial charge in [-0.2, -0.15) is 0 Å². The molecule has 3 rings (SSSR count). The number of nitrogens with one attached hydrogen (secondary N) is 2. The van der Waals surface area contributed by atoms with E-state index in [0.29, 0.717) is 0 Å². The first-order chi connectivity index (χ1) is 13.4. The second kappa shape index (κ2) is 7.66. The highest BCUT2D eigenvalue weighted by atomic mass is 16.6. The van der Waals surface area contributed by atoms with Crippen LogP contribution in [0.4, 0.5) is 5.69 Å². The van der Waals surface area contributed by atoms with Crippen LogP contribution in [0.5, 0.6) is 0 Å². The molecule has 10 heteroatoms. The SMILES string of the molecule is O=C(CCN1C(=O)c2ccccc2C1=O)NNC(=O)c1cccc([N+](=O)[O-])c1. The fourth-order valence-electron chi connectivity index (χ4n) is 2.68. The van der Waals surface area contributed by atoms with Gasteiger partial charge in [0.25, 0.3) is 23.4 Å². The fraction of sp³-hybridized carbons (Fsp3) is 0.111. The van der Waals surface area contributed by atoms with Crippen molar-refractivity contribution in [2.45, 2.75) is 6.42 Å². The Morgan fingerprint density at radius 1 is 0.964 bits per heavy atom. The van der Waals surface area contributed by atoms with Crippen LogP contribution in [0.15, 0.2) is 48.5 Å². The lowest BCUT2D eigenvalue weighted by atomic mass is 10.1. The lowest BCUT2D eigenvalue weighted by Crippen LogP contribution is -2.43. The van der Waals surface area contributed by atoms with Gasteiger partial charge in [-0.25, -0.2) is 0 Å². The number of rotatable bonds is 5. The summed E-state index contributed by atoms with van der Waals surface area (Å²) in [6.07, 6.45) is -0.222. The van der Waals surface area contributed by atoms with Gasteiger partial charge >= 0.3 is 0 Å². The first-order valence-electron chi connectivity index (χ1n) is 8.17. The van der Waals surface area contributed by atoms with Crippen LogP contribution >= 0.6 is 0 Å². The van der Waals surface area contributed by atoms with Crippen LogP contribution < -0.4 is 10.9 Å². The summed E-state index contributed by atoms with van der Waals surface area (Å²) in [7, 11) is 0. The number of fused-ring (bicyclic) bond motifs is 1. The molecule has 0 saturated carbocycles. The summed E-state index contributed by atoms with van der Waals surface area (Å²) in [5.41, 5.74) is 4.58. The molecule has 0 saturated heterocycles. The molecule has 1 aliphatic heterocycles. The molecule has 0 aromatic heterocycles. The van der Waals surface area contributed by atoms with Crippen molar-refractivity contribution in [3.8, 4) is 0 Å². The summed E-state index contributed by atoms with van der Waals surface area (Å²) in [6, 6.07) is 11.4. The maximum atomic E-state index is 12.2. The molecule has 0 atom stereocenters. The van der Waals surface area contributed by atoms with Crippen molar-refractivity contribution in [1.82, 2.24) is 15.8 Å². The number of nitrogens with zero attached hydrogens (tertiary/aromatic N) is 2. The molecule has 4 amide bonds. The standard InChI is InChI=1S/C18H14N4O6/c23-15(19-20-16(24)11-4-3-5-12(10-11)22(27)28)8-9-21-17(25)13-6-1-2-7-14(13)18(21)26/h1-7,10H,8-9H2,(H,19,23)(H,20,24). The van der Waals surface area contributed by atoms with Gasteiger partial charge in [0.2, 0.25) is 5.91 Å². The number of hydrazine groups is 1. The summed E-state index contributed by atoms with van der Waals surface area (Å²) < 4.78 is 0. The number of benzene rings is 2. The third-order valence-electron chi connectivity index (χ3n) is 4.08. The summed E-state index contributed by atoms with van der Waals surface area (Å²) in [6.45, 7) is -0.148. The third-order valence-corrected chi connectivity index (χ3v) is 4.08. The molecule has 2 aromatic carbocycles. The molecule has 1 heterocycles. The number of carbonyl (C=O) groups excluding carboxylic acids is 4. The average molecular weight is 382 g/mol. The van der Waals surface area contributed by atoms with E-state index in [0.717, 1.165) is 11.0 Å². The van der Waals surface area contributed by atoms with Crippen molar-refractivity contribution >= 4 is 29.3 Å². The molecule has 142 valence electrons. The Balaban J connectivity index is 1.52. The zero-order valence-electron chi connectivity index (χ0n) is 14.4. The van der Waals surface area contributed by atoms with E-state index < -0.39 is 28.6 Å². The topological polar surface area (TPSA) is 139 Å². The fourth-order valence-corrected chi connectivity index (χ4v) is 2.68. The van der Waals surface area contributed by atoms with Gasteiger partial charge < -0.3 is 0 Å². The number of imide groups is 1. The number of hydrogen-bond donors (Lipinski definition) is 2. The van der Waals surface area contributed by atoms with E-state index in [1.165, 1.54) is 30.3 Å². The van der Waals surface area contributed by atoms with Crippen molar-refractivity contribution in [2.75, 3.05) is 6.54 Å². The maximum Gasteiger partial charge on any atom is 0.270 e. The lowest BCUT2D eigenvalue weighted by Gasteiger charge is -2.13. The zero-order chi connectivity index (χ0) is 20.3. The van der Waals surface area contributed by atoms with Crippen LogP contribution in [0.2, 0.25) is 0 Å². The minimum absolute atomic E-state index is 0.00477. The van der Waals surface area contributed by atoms with Crippen molar-refractivity contribution in [3.63, 3.8) is 0 Å². The molecule has 2 N–H and O–H groups in total. The van der Waals surface area contributed by atoms with Gasteiger partial charge in [0.1, 0.15) is 0 Å². The second-order valence-electron chi connectivity index (χ2n) is 5.87. The van der Waals surface area contributed by atoms with Gasteiger partial charge in [0.05, 0.1) is 16.1 Å². The van der Waals surface area contributed by atoms with Crippen LogP contribution in [0, 0.1) is 10.1 Å². The largest absolute Gasteiger partial charge is 0.274 e. The van der Waals surface area contributed by atoms with Crippen molar-refractivity contribution in [2.24, 2.45) is 0 Å². The monoisotopic (exact) mass is 382 g/mol. The molecule has 10 nitrogen and oxygen atoms in total. The Bertz CT molecular complexity index is 968. The number of non-ortho nitro benzene ring substituents is 1. The van der Waals surface area contributed by atoms with Gasteiger partial charge in [0, 0.05) is 30.7 Å². The molecule has 0 bridgehead atoms. The second-order valence-corrected chi connectivity index (χ2v) is 5.87. The summed E-state index contributed by atoms with van der Waals surface area (Å²) in [4.78, 5) is 59.4. The smallest absolute Gasteiger partial charge is 0.270 e. The van der Waals surface area contributed by atoms with E-state index in [2.05, 4.69) is 10.9 Å². The van der Waals surface area contributed by atoms with E-state index >= 15 is 0 Å². The van der Waals surface area contributed by atoms with Gasteiger partial charge in [-0.05, 0) is 18.2 Å². The Labute approximate surface area is 158 Å². The Morgan fingerprint density at radius 2 is 1.61 bits per heavy atom. The zero-order valence-corrected chi connectivity index (χ0v) is 14.4. The van der Waals surface area contributed by atoms with Crippen LogP contribution in [-0.4, -0.2) is 40.0 Å². The number of nitro benzene ring substituents is 1. The maximum absolute atomic E-state index is 12.2. The first kappa shape index (κ1) is 18.7. The number of hydrogen-bond acceptors (Lipinski definition) is 6. The number of nitro groups is 1. The molecular weight excluding hydrogens is 368 g/mol. The minimum atomic E-state index is -0.738. The summed E-state index contributed by atoms with van der Waals surface area (Å²) in [5, 5.41) is 10.7. The normalized spacial score (nSPS) is 12.5. The molecule has 0 radical (unpaired) electrons. The van der Waals surface area contributed by atoms with Crippen molar-refractivity contribution in [3.05, 3.63) is 75.3 Å². The van der Waals surface area contributed by atoms with E-state index in [-0.39, 0.29) is 35.3 Å². The summed E-state index contributed by atoms with van der Waals surface area (Å²) in [5.74, 6) is -2.32. The highest BCUT2D eigenvalue weighted by Crippen LogP contribution is 2.22. The molecule has 1 aliphatic rings. The van der Waals surface area contributed by atoms with E-state index in [1.807, 2.05) is 0 Å². The molecular formula is C18H14N4O6. The van der Waals surface area contributed by atoms with Crippen LogP contribution in [-0.2, 0) is 4.79 Å². The first-order valence-corrected chi connectivity index (χ1v) is 8.17. The predicted molar refractivity (Wildman–Crippen MR) is 95.1 cm³/mol. The van der Waals surface area contributed by atoms with E-state index in [9.17, 15) is 29.3 Å². The summed E-state index contributed by atoms with van der Waals surface area (Å²) >= 11 is 0. The molecule has 28 heavy (non-hydrogen) atoms. The lowest BCUT2D eigenvalue weighted by molar-refractivity contribution is -0.384. The van der Waals surface area contributed by atoms with E-state index in [4.69, 9.17) is 0 Å². The van der Waals surface area contributed by atoms with Crippen LogP contribution in [0.1, 0.15) is 37.5 Å². The molecule has 0 aliphatic carbocycles. The van der Waals surface area contributed by atoms with Gasteiger partial charge in [-0.3, -0.25) is 45.0 Å². The van der Waals surface area contributed by atoms with Crippen molar-refractivity contribution < 1.29 is 24.1 Å². The third kappa shape index (κ3) is 3.70. The van der Waals surface area contributed by atoms with Crippen molar-refractivity contribution in [1.29, 1.82) is 0 Å². The van der Waals surface area contributed by atoms with Gasteiger partial charge in [-0.1, -0.05) is 18.2 Å². The molecule has 0 unspecified atom stereocenters. The van der Waals surface area contributed by atoms with Crippen LogP contribution in [0.25, 0.3) is 0 Å². The number of carbonyl (C=O) groups is 4.